The Kier molecular flexibility index (Phi) is 8.07. The van der Waals surface area contributed by atoms with Gasteiger partial charge in [0.2, 0.25) is 0 Å². The van der Waals surface area contributed by atoms with Crippen LogP contribution in [0.5, 0.6) is 11.5 Å². The number of carboxylic acids is 1. The van der Waals surface area contributed by atoms with Gasteiger partial charge in [-0.05, 0) is 66.5 Å². The number of carboxylic acid groups (broad SMARTS) is 1. The fourth-order valence-electron chi connectivity index (χ4n) is 4.25. The van der Waals surface area contributed by atoms with Crippen LogP contribution in [0.1, 0.15) is 100 Å². The van der Waals surface area contributed by atoms with Crippen LogP contribution in [0.25, 0.3) is 0 Å². The highest BCUT2D eigenvalue weighted by molar-refractivity contribution is 5.68. The minimum atomic E-state index is -0.988. The van der Waals surface area contributed by atoms with E-state index in [1.54, 1.807) is 0 Å². The molecule has 1 atom stereocenters. The van der Waals surface area contributed by atoms with E-state index in [-0.39, 0.29) is 34.4 Å². The van der Waals surface area contributed by atoms with Crippen LogP contribution in [0.2, 0.25) is 0 Å². The fourth-order valence-corrected chi connectivity index (χ4v) is 4.25. The highest BCUT2D eigenvalue weighted by atomic mass is 16.5. The van der Waals surface area contributed by atoms with Crippen molar-refractivity contribution in [3.8, 4) is 11.5 Å². The van der Waals surface area contributed by atoms with Gasteiger partial charge in [-0.2, -0.15) is 0 Å². The molecule has 0 bridgehead atoms. The molecule has 0 aromatic heterocycles. The summed E-state index contributed by atoms with van der Waals surface area (Å²) in [7, 11) is 0. The Bertz CT molecular complexity index is 712. The maximum atomic E-state index is 11.1. The Morgan fingerprint density at radius 1 is 0.867 bits per heavy atom. The Morgan fingerprint density at radius 2 is 1.40 bits per heavy atom. The van der Waals surface area contributed by atoms with E-state index in [4.69, 9.17) is 14.6 Å². The molecule has 0 radical (unpaired) electrons. The van der Waals surface area contributed by atoms with Gasteiger partial charge in [0.05, 0.1) is 0 Å². The van der Waals surface area contributed by atoms with Crippen LogP contribution in [0.3, 0.4) is 0 Å². The molecule has 0 aliphatic rings. The first-order chi connectivity index (χ1) is 13.3. The summed E-state index contributed by atoms with van der Waals surface area (Å²) in [5, 5.41) is 9.06. The van der Waals surface area contributed by atoms with E-state index in [1.807, 2.05) is 12.1 Å². The first kappa shape index (κ1) is 26.3. The SMILES string of the molecule is CC(C)(C)CC(c1cc(OCC(=O)O)cc(OC(C)(C)CC(C)(C)C)c1)C(C)(C)C. The van der Waals surface area contributed by atoms with Gasteiger partial charge < -0.3 is 14.6 Å². The first-order valence-corrected chi connectivity index (χ1v) is 11.0. The van der Waals surface area contributed by atoms with E-state index in [2.05, 4.69) is 82.2 Å². The Labute approximate surface area is 184 Å². The maximum Gasteiger partial charge on any atom is 0.341 e. The summed E-state index contributed by atoms with van der Waals surface area (Å²) in [6.07, 6.45) is 1.89. The van der Waals surface area contributed by atoms with Crippen LogP contribution in [0.4, 0.5) is 0 Å². The predicted molar refractivity (Wildman–Crippen MR) is 125 cm³/mol. The molecule has 0 aliphatic carbocycles. The summed E-state index contributed by atoms with van der Waals surface area (Å²) in [4.78, 5) is 11.1. The average molecular weight is 421 g/mol. The molecular formula is C26H44O4. The largest absolute Gasteiger partial charge is 0.488 e. The smallest absolute Gasteiger partial charge is 0.341 e. The van der Waals surface area contributed by atoms with E-state index in [9.17, 15) is 4.79 Å². The van der Waals surface area contributed by atoms with E-state index >= 15 is 0 Å². The van der Waals surface area contributed by atoms with Crippen molar-refractivity contribution < 1.29 is 19.4 Å². The lowest BCUT2D eigenvalue weighted by molar-refractivity contribution is -0.139. The van der Waals surface area contributed by atoms with Crippen LogP contribution in [-0.2, 0) is 4.79 Å². The molecule has 172 valence electrons. The number of hydrogen-bond donors (Lipinski definition) is 1. The zero-order valence-electron chi connectivity index (χ0n) is 21.1. The zero-order chi connectivity index (χ0) is 23.5. The molecule has 1 aromatic rings. The molecule has 0 spiro atoms. The Hall–Kier alpha value is -1.71. The van der Waals surface area contributed by atoms with E-state index < -0.39 is 5.97 Å². The molecular weight excluding hydrogens is 376 g/mol. The lowest BCUT2D eigenvalue weighted by atomic mass is 9.69. The van der Waals surface area contributed by atoms with Gasteiger partial charge in [-0.15, -0.1) is 0 Å². The fraction of sp³-hybridized carbons (Fsp3) is 0.731. The molecule has 0 heterocycles. The summed E-state index contributed by atoms with van der Waals surface area (Å²) in [5.41, 5.74) is 1.09. The molecule has 1 unspecified atom stereocenters. The van der Waals surface area contributed by atoms with Gasteiger partial charge in [0.25, 0.3) is 0 Å². The van der Waals surface area contributed by atoms with Crippen LogP contribution < -0.4 is 9.47 Å². The van der Waals surface area contributed by atoms with Crippen molar-refractivity contribution >= 4 is 5.97 Å². The van der Waals surface area contributed by atoms with Crippen LogP contribution in [0, 0.1) is 16.2 Å². The third-order valence-corrected chi connectivity index (χ3v) is 4.88. The summed E-state index contributed by atoms with van der Waals surface area (Å²) in [5.74, 6) is 0.557. The quantitative estimate of drug-likeness (QED) is 0.479. The standard InChI is InChI=1S/C26H44O4/c1-23(2,3)15-21(25(7,8)9)18-12-19(29-16-22(27)28)14-20(13-18)30-26(10,11)17-24(4,5)6/h12-14,21H,15-17H2,1-11H3,(H,27,28). The van der Waals surface area contributed by atoms with E-state index in [1.165, 1.54) is 0 Å². The third kappa shape index (κ3) is 9.86. The topological polar surface area (TPSA) is 55.8 Å². The first-order valence-electron chi connectivity index (χ1n) is 11.0. The summed E-state index contributed by atoms with van der Waals surface area (Å²) >= 11 is 0. The molecule has 0 aliphatic heterocycles. The van der Waals surface area contributed by atoms with Gasteiger partial charge >= 0.3 is 5.97 Å². The van der Waals surface area contributed by atoms with Crippen molar-refractivity contribution in [3.63, 3.8) is 0 Å². The second-order valence-electron chi connectivity index (χ2n) is 12.7. The minimum Gasteiger partial charge on any atom is -0.488 e. The second-order valence-corrected chi connectivity index (χ2v) is 12.7. The molecule has 0 saturated carbocycles. The van der Waals surface area contributed by atoms with Gasteiger partial charge in [0.1, 0.15) is 17.1 Å². The Balaban J connectivity index is 3.41. The van der Waals surface area contributed by atoms with Crippen molar-refractivity contribution in [2.24, 2.45) is 16.2 Å². The monoisotopic (exact) mass is 420 g/mol. The number of benzene rings is 1. The van der Waals surface area contributed by atoms with Crippen LogP contribution in [0.15, 0.2) is 18.2 Å². The van der Waals surface area contributed by atoms with Gasteiger partial charge in [0, 0.05) is 6.07 Å². The van der Waals surface area contributed by atoms with Crippen molar-refractivity contribution in [1.29, 1.82) is 0 Å². The van der Waals surface area contributed by atoms with Crippen molar-refractivity contribution in [1.82, 2.24) is 0 Å². The molecule has 0 fully saturated rings. The number of aliphatic carboxylic acids is 1. The highest BCUT2D eigenvalue weighted by Crippen LogP contribution is 2.45. The van der Waals surface area contributed by atoms with Gasteiger partial charge in [-0.25, -0.2) is 4.79 Å². The number of ether oxygens (including phenoxy) is 2. The summed E-state index contributed by atoms with van der Waals surface area (Å²) < 4.78 is 12.0. The highest BCUT2D eigenvalue weighted by Gasteiger charge is 2.32. The molecule has 0 amide bonds. The third-order valence-electron chi connectivity index (χ3n) is 4.88. The van der Waals surface area contributed by atoms with Gasteiger partial charge in [-0.1, -0.05) is 62.3 Å². The molecule has 0 saturated heterocycles. The average Bonchev–Trinajstić information content (AvgIpc) is 2.45. The normalized spacial score (nSPS) is 14.4. The van der Waals surface area contributed by atoms with Crippen molar-refractivity contribution in [3.05, 3.63) is 23.8 Å². The maximum absolute atomic E-state index is 11.1. The predicted octanol–water partition coefficient (Wildman–Crippen LogP) is 7.31. The molecule has 1 aromatic carbocycles. The van der Waals surface area contributed by atoms with E-state index in [0.717, 1.165) is 24.2 Å². The molecule has 4 heteroatoms. The Morgan fingerprint density at radius 3 is 1.83 bits per heavy atom. The number of carbonyl (C=O) groups is 1. The van der Waals surface area contributed by atoms with Gasteiger partial charge in [-0.3, -0.25) is 0 Å². The number of rotatable bonds is 8. The second kappa shape index (κ2) is 9.20. The van der Waals surface area contributed by atoms with Crippen LogP contribution >= 0.6 is 0 Å². The van der Waals surface area contributed by atoms with E-state index in [0.29, 0.717) is 5.75 Å². The summed E-state index contributed by atoms with van der Waals surface area (Å²) in [6.45, 7) is 23.9. The van der Waals surface area contributed by atoms with Crippen molar-refractivity contribution in [2.45, 2.75) is 101 Å². The number of hydrogen-bond acceptors (Lipinski definition) is 3. The van der Waals surface area contributed by atoms with Crippen LogP contribution in [-0.4, -0.2) is 23.3 Å². The summed E-state index contributed by atoms with van der Waals surface area (Å²) in [6, 6.07) is 5.90. The lowest BCUT2D eigenvalue weighted by Gasteiger charge is -2.37. The molecule has 4 nitrogen and oxygen atoms in total. The van der Waals surface area contributed by atoms with Crippen molar-refractivity contribution in [2.75, 3.05) is 6.61 Å². The van der Waals surface area contributed by atoms with Gasteiger partial charge in [0.15, 0.2) is 6.61 Å². The molecule has 1 rings (SSSR count). The zero-order valence-corrected chi connectivity index (χ0v) is 21.1. The molecule has 30 heavy (non-hydrogen) atoms. The molecule has 1 N–H and O–H groups in total. The minimum absolute atomic E-state index is 0.0386. The lowest BCUT2D eigenvalue weighted by Crippen LogP contribution is -2.33.